The van der Waals surface area contributed by atoms with Crippen molar-refractivity contribution in [2.24, 2.45) is 4.99 Å². The Bertz CT molecular complexity index is 424. The fourth-order valence-electron chi connectivity index (χ4n) is 1.93. The Morgan fingerprint density at radius 3 is 2.39 bits per heavy atom. The highest BCUT2D eigenvalue weighted by Crippen LogP contribution is 2.02. The van der Waals surface area contributed by atoms with Gasteiger partial charge in [-0.3, -0.25) is 4.99 Å². The van der Waals surface area contributed by atoms with Gasteiger partial charge in [0.25, 0.3) is 0 Å². The highest BCUT2D eigenvalue weighted by atomic mass is 127. The number of halogens is 1. The summed E-state index contributed by atoms with van der Waals surface area (Å²) in [7, 11) is 3.47. The van der Waals surface area contributed by atoms with E-state index in [9.17, 15) is 0 Å². The van der Waals surface area contributed by atoms with Crippen molar-refractivity contribution in [2.45, 2.75) is 19.8 Å². The minimum absolute atomic E-state index is 0. The smallest absolute Gasteiger partial charge is 0.190 e. The number of aryl methyl sites for hydroxylation is 1. The number of ether oxygens (including phenoxy) is 2. The minimum atomic E-state index is 0. The molecule has 0 aromatic heterocycles. The van der Waals surface area contributed by atoms with Crippen molar-refractivity contribution in [2.75, 3.05) is 47.1 Å². The van der Waals surface area contributed by atoms with Crippen LogP contribution in [-0.2, 0) is 15.9 Å². The lowest BCUT2D eigenvalue weighted by atomic mass is 10.1. The van der Waals surface area contributed by atoms with Gasteiger partial charge in [0.2, 0.25) is 0 Å². The molecule has 0 aliphatic heterocycles. The van der Waals surface area contributed by atoms with Crippen LogP contribution in [0.2, 0.25) is 0 Å². The van der Waals surface area contributed by atoms with E-state index in [2.05, 4.69) is 46.8 Å². The number of aliphatic imine (C=N–C) groups is 1. The van der Waals surface area contributed by atoms with Crippen LogP contribution in [0, 0.1) is 6.92 Å². The van der Waals surface area contributed by atoms with Crippen LogP contribution in [0.25, 0.3) is 0 Å². The first-order valence-corrected chi connectivity index (χ1v) is 7.83. The molecule has 23 heavy (non-hydrogen) atoms. The number of hydrogen-bond acceptors (Lipinski definition) is 3. The molecule has 0 amide bonds. The van der Waals surface area contributed by atoms with Crippen molar-refractivity contribution < 1.29 is 9.47 Å². The van der Waals surface area contributed by atoms with Gasteiger partial charge < -0.3 is 20.1 Å². The topological polar surface area (TPSA) is 54.9 Å². The van der Waals surface area contributed by atoms with Crippen molar-refractivity contribution in [3.63, 3.8) is 0 Å². The van der Waals surface area contributed by atoms with Crippen LogP contribution in [0.3, 0.4) is 0 Å². The van der Waals surface area contributed by atoms with Gasteiger partial charge in [0.1, 0.15) is 0 Å². The molecule has 132 valence electrons. The normalized spacial score (nSPS) is 11.0. The molecule has 0 bridgehead atoms. The molecule has 0 spiro atoms. The second-order valence-electron chi connectivity index (χ2n) is 5.12. The maximum absolute atomic E-state index is 5.41. The Morgan fingerprint density at radius 1 is 1.04 bits per heavy atom. The van der Waals surface area contributed by atoms with E-state index in [-0.39, 0.29) is 24.0 Å². The maximum atomic E-state index is 5.41. The van der Waals surface area contributed by atoms with Gasteiger partial charge in [-0.15, -0.1) is 24.0 Å². The summed E-state index contributed by atoms with van der Waals surface area (Å²) in [4.78, 5) is 4.21. The molecule has 2 N–H and O–H groups in total. The van der Waals surface area contributed by atoms with Gasteiger partial charge >= 0.3 is 0 Å². The zero-order valence-electron chi connectivity index (χ0n) is 14.4. The second kappa shape index (κ2) is 14.7. The molecule has 0 unspecified atom stereocenters. The molecule has 0 saturated heterocycles. The zero-order valence-corrected chi connectivity index (χ0v) is 16.8. The molecule has 1 aromatic carbocycles. The summed E-state index contributed by atoms with van der Waals surface area (Å²) in [5, 5.41) is 6.61. The zero-order chi connectivity index (χ0) is 16.0. The van der Waals surface area contributed by atoms with E-state index in [0.29, 0.717) is 13.2 Å². The van der Waals surface area contributed by atoms with Gasteiger partial charge in [-0.2, -0.15) is 0 Å². The number of benzene rings is 1. The molecular formula is C17H30IN3O2. The molecule has 6 heteroatoms. The molecule has 1 aromatic rings. The molecule has 0 fully saturated rings. The standard InChI is InChI=1S/C17H29N3O2.HI/c1-15-5-7-16(8-6-15)9-11-20-17(18-2)19-10-4-12-22-14-13-21-3;/h5-8H,4,9-14H2,1-3H3,(H2,18,19,20);1H. The summed E-state index contributed by atoms with van der Waals surface area (Å²) < 4.78 is 10.3. The SMILES string of the molecule is CN=C(NCCCOCCOC)NCCc1ccc(C)cc1.I. The van der Waals surface area contributed by atoms with Gasteiger partial charge in [0.15, 0.2) is 5.96 Å². The first-order valence-electron chi connectivity index (χ1n) is 7.83. The van der Waals surface area contributed by atoms with Gasteiger partial charge in [0.05, 0.1) is 13.2 Å². The monoisotopic (exact) mass is 435 g/mol. The van der Waals surface area contributed by atoms with Gasteiger partial charge in [0, 0.05) is 33.9 Å². The summed E-state index contributed by atoms with van der Waals surface area (Å²) in [6.07, 6.45) is 1.93. The summed E-state index contributed by atoms with van der Waals surface area (Å²) >= 11 is 0. The van der Waals surface area contributed by atoms with Crippen LogP contribution in [0.4, 0.5) is 0 Å². The average Bonchev–Trinajstić information content (AvgIpc) is 2.54. The lowest BCUT2D eigenvalue weighted by Crippen LogP contribution is -2.39. The number of rotatable bonds is 10. The van der Waals surface area contributed by atoms with Crippen molar-refractivity contribution in [3.8, 4) is 0 Å². The van der Waals surface area contributed by atoms with Crippen molar-refractivity contribution in [1.82, 2.24) is 10.6 Å². The third-order valence-electron chi connectivity index (χ3n) is 3.24. The minimum Gasteiger partial charge on any atom is -0.382 e. The average molecular weight is 435 g/mol. The lowest BCUT2D eigenvalue weighted by molar-refractivity contribution is 0.0698. The van der Waals surface area contributed by atoms with Crippen LogP contribution < -0.4 is 10.6 Å². The number of nitrogens with zero attached hydrogens (tertiary/aromatic N) is 1. The van der Waals surface area contributed by atoms with E-state index < -0.39 is 0 Å². The van der Waals surface area contributed by atoms with Crippen molar-refractivity contribution in [3.05, 3.63) is 35.4 Å². The second-order valence-corrected chi connectivity index (χ2v) is 5.12. The Labute approximate surface area is 157 Å². The Hall–Kier alpha value is -0.860. The van der Waals surface area contributed by atoms with Crippen molar-refractivity contribution >= 4 is 29.9 Å². The third-order valence-corrected chi connectivity index (χ3v) is 3.24. The fraction of sp³-hybridized carbons (Fsp3) is 0.588. The third kappa shape index (κ3) is 11.3. The quantitative estimate of drug-likeness (QED) is 0.257. The van der Waals surface area contributed by atoms with Crippen LogP contribution in [0.5, 0.6) is 0 Å². The molecule has 0 radical (unpaired) electrons. The Morgan fingerprint density at radius 2 is 1.74 bits per heavy atom. The molecular weight excluding hydrogens is 405 g/mol. The lowest BCUT2D eigenvalue weighted by Gasteiger charge is -2.12. The molecule has 0 aliphatic carbocycles. The van der Waals surface area contributed by atoms with Crippen molar-refractivity contribution in [1.29, 1.82) is 0 Å². The largest absolute Gasteiger partial charge is 0.382 e. The Balaban J connectivity index is 0.00000484. The maximum Gasteiger partial charge on any atom is 0.190 e. The highest BCUT2D eigenvalue weighted by molar-refractivity contribution is 14.0. The van der Waals surface area contributed by atoms with Crippen LogP contribution in [0.1, 0.15) is 17.5 Å². The first-order chi connectivity index (χ1) is 10.8. The predicted molar refractivity (Wildman–Crippen MR) is 107 cm³/mol. The summed E-state index contributed by atoms with van der Waals surface area (Å²) in [5.41, 5.74) is 2.63. The molecule has 5 nitrogen and oxygen atoms in total. The number of nitrogens with one attached hydrogen (secondary N) is 2. The van der Waals surface area contributed by atoms with E-state index in [1.807, 2.05) is 0 Å². The van der Waals surface area contributed by atoms with Gasteiger partial charge in [-0.1, -0.05) is 29.8 Å². The van der Waals surface area contributed by atoms with Crippen LogP contribution >= 0.6 is 24.0 Å². The fourth-order valence-corrected chi connectivity index (χ4v) is 1.93. The number of hydrogen-bond donors (Lipinski definition) is 2. The molecule has 1 rings (SSSR count). The van der Waals surface area contributed by atoms with Crippen LogP contribution in [0.15, 0.2) is 29.3 Å². The summed E-state index contributed by atoms with van der Waals surface area (Å²) in [6, 6.07) is 8.63. The van der Waals surface area contributed by atoms with E-state index in [0.717, 1.165) is 38.5 Å². The number of methoxy groups -OCH3 is 1. The first kappa shape index (κ1) is 22.1. The Kier molecular flexibility index (Phi) is 14.2. The van der Waals surface area contributed by atoms with E-state index in [4.69, 9.17) is 9.47 Å². The van der Waals surface area contributed by atoms with Gasteiger partial charge in [-0.25, -0.2) is 0 Å². The van der Waals surface area contributed by atoms with Crippen LogP contribution in [-0.4, -0.2) is 53.0 Å². The molecule has 0 atom stereocenters. The predicted octanol–water partition coefficient (Wildman–Crippen LogP) is 2.37. The molecule has 0 aliphatic rings. The molecule has 0 saturated carbocycles. The highest BCUT2D eigenvalue weighted by Gasteiger charge is 1.98. The van der Waals surface area contributed by atoms with Gasteiger partial charge in [-0.05, 0) is 25.3 Å². The summed E-state index contributed by atoms with van der Waals surface area (Å²) in [6.45, 7) is 5.85. The van der Waals surface area contributed by atoms with E-state index in [1.54, 1.807) is 14.2 Å². The van der Waals surface area contributed by atoms with E-state index >= 15 is 0 Å². The summed E-state index contributed by atoms with van der Waals surface area (Å²) in [5.74, 6) is 0.837. The molecule has 0 heterocycles. The number of guanidine groups is 1. The van der Waals surface area contributed by atoms with E-state index in [1.165, 1.54) is 11.1 Å².